The van der Waals surface area contributed by atoms with Crippen molar-refractivity contribution < 1.29 is 27.8 Å². The highest BCUT2D eigenvalue weighted by Crippen LogP contribution is 2.30. The van der Waals surface area contributed by atoms with Crippen LogP contribution in [0.1, 0.15) is 32.9 Å². The number of aryl methyl sites for hydroxylation is 1. The van der Waals surface area contributed by atoms with E-state index in [9.17, 15) is 9.18 Å². The lowest BCUT2D eigenvalue weighted by molar-refractivity contribution is 0.0600. The number of halogens is 2. The van der Waals surface area contributed by atoms with Gasteiger partial charge in [0.1, 0.15) is 35.3 Å². The zero-order chi connectivity index (χ0) is 29.1. The van der Waals surface area contributed by atoms with Gasteiger partial charge in [0.25, 0.3) is 0 Å². The third-order valence-electron chi connectivity index (χ3n) is 6.66. The minimum absolute atomic E-state index is 0.0782. The van der Waals surface area contributed by atoms with Gasteiger partial charge in [-0.2, -0.15) is 5.26 Å². The first-order valence-electron chi connectivity index (χ1n) is 12.5. The van der Waals surface area contributed by atoms with Crippen LogP contribution in [0.3, 0.4) is 0 Å². The Bertz CT molecular complexity index is 1830. The minimum atomic E-state index is -0.541. The van der Waals surface area contributed by atoms with E-state index in [4.69, 9.17) is 19.5 Å². The highest BCUT2D eigenvalue weighted by atomic mass is 19.1. The van der Waals surface area contributed by atoms with Crippen molar-refractivity contribution in [2.24, 2.45) is 7.05 Å². The number of rotatable bonds is 8. The number of ether oxygens (including phenoxy) is 3. The van der Waals surface area contributed by atoms with Gasteiger partial charge >= 0.3 is 5.97 Å². The van der Waals surface area contributed by atoms with Crippen molar-refractivity contribution in [3.05, 3.63) is 106 Å². The van der Waals surface area contributed by atoms with E-state index in [0.717, 1.165) is 6.07 Å². The van der Waals surface area contributed by atoms with Gasteiger partial charge in [-0.25, -0.2) is 23.5 Å². The van der Waals surface area contributed by atoms with E-state index >= 15 is 4.39 Å². The van der Waals surface area contributed by atoms with Crippen molar-refractivity contribution in [1.29, 1.82) is 5.26 Å². The normalized spacial score (nSPS) is 10.8. The number of fused-ring (bicyclic) bond motifs is 1. The lowest BCUT2D eigenvalue weighted by Crippen LogP contribution is -2.03. The summed E-state index contributed by atoms with van der Waals surface area (Å²) < 4.78 is 47.2. The molecule has 5 aromatic rings. The minimum Gasteiger partial charge on any atom is -0.494 e. The summed E-state index contributed by atoms with van der Waals surface area (Å²) in [5.41, 5.74) is 3.47. The summed E-state index contributed by atoms with van der Waals surface area (Å²) in [6, 6.07) is 19.1. The van der Waals surface area contributed by atoms with Crippen LogP contribution in [0.2, 0.25) is 0 Å². The molecule has 0 saturated heterocycles. The maximum atomic E-state index is 15.3. The van der Waals surface area contributed by atoms with Crippen LogP contribution in [0, 0.1) is 23.0 Å². The molecule has 206 valence electrons. The number of benzene rings is 3. The molecule has 10 heteroatoms. The number of methoxy groups -OCH3 is 2. The quantitative estimate of drug-likeness (QED) is 0.225. The molecule has 2 heterocycles. The monoisotopic (exact) mass is 554 g/mol. The molecular formula is C31H24F2N4O4. The Kier molecular flexibility index (Phi) is 7.61. The summed E-state index contributed by atoms with van der Waals surface area (Å²) in [7, 11) is 4.58. The third kappa shape index (κ3) is 5.56. The van der Waals surface area contributed by atoms with E-state index in [1.54, 1.807) is 54.1 Å². The van der Waals surface area contributed by atoms with Crippen molar-refractivity contribution in [2.75, 3.05) is 14.2 Å². The van der Waals surface area contributed by atoms with Gasteiger partial charge in [0.15, 0.2) is 0 Å². The maximum Gasteiger partial charge on any atom is 0.338 e. The molecule has 0 saturated carbocycles. The zero-order valence-electron chi connectivity index (χ0n) is 22.4. The van der Waals surface area contributed by atoms with Crippen molar-refractivity contribution in [3.63, 3.8) is 0 Å². The molecule has 0 aliphatic heterocycles. The second-order valence-corrected chi connectivity index (χ2v) is 9.18. The van der Waals surface area contributed by atoms with Crippen molar-refractivity contribution in [1.82, 2.24) is 14.5 Å². The van der Waals surface area contributed by atoms with E-state index < -0.39 is 17.6 Å². The maximum absolute atomic E-state index is 15.3. The average molecular weight is 555 g/mol. The van der Waals surface area contributed by atoms with Gasteiger partial charge in [0.05, 0.1) is 42.6 Å². The van der Waals surface area contributed by atoms with Crippen LogP contribution in [-0.2, 0) is 24.8 Å². The highest BCUT2D eigenvalue weighted by Gasteiger charge is 2.18. The summed E-state index contributed by atoms with van der Waals surface area (Å²) in [6.07, 6.45) is 0.195. The zero-order valence-corrected chi connectivity index (χ0v) is 22.4. The SMILES string of the molecule is COC(=O)c1cc(OC)c2nc(Cc3ccc(-c4cccc(OCc5ccc(C#N)cc5F)n4)cc3F)n(C)c2c1. The standard InChI is InChI=1S/C31H24F2N4O4/c1-37-26-13-22(31(38)40-3)14-27(39-2)30(26)36-28(37)15-19-9-10-20(12-24(19)33)25-5-4-6-29(35-25)41-17-21-8-7-18(16-34)11-23(21)32/h4-14H,15,17H2,1-3H3. The van der Waals surface area contributed by atoms with E-state index in [-0.39, 0.29) is 30.0 Å². The Morgan fingerprint density at radius 3 is 2.46 bits per heavy atom. The smallest absolute Gasteiger partial charge is 0.338 e. The Hall–Kier alpha value is -5.30. The van der Waals surface area contributed by atoms with Gasteiger partial charge < -0.3 is 18.8 Å². The predicted octanol–water partition coefficient (Wildman–Crippen LogP) is 5.75. The van der Waals surface area contributed by atoms with Gasteiger partial charge in [-0.15, -0.1) is 0 Å². The Morgan fingerprint density at radius 1 is 0.976 bits per heavy atom. The van der Waals surface area contributed by atoms with Gasteiger partial charge in [0.2, 0.25) is 5.88 Å². The van der Waals surface area contributed by atoms with Crippen molar-refractivity contribution in [3.8, 4) is 29.0 Å². The van der Waals surface area contributed by atoms with Crippen LogP contribution in [-0.4, -0.2) is 34.7 Å². The number of pyridine rings is 1. The molecule has 0 atom stereocenters. The van der Waals surface area contributed by atoms with E-state index in [1.165, 1.54) is 32.4 Å². The summed E-state index contributed by atoms with van der Waals surface area (Å²) in [5, 5.41) is 8.90. The number of imidazole rings is 1. The number of carbonyl (C=O) groups excluding carboxylic acids is 1. The molecule has 0 spiro atoms. The third-order valence-corrected chi connectivity index (χ3v) is 6.66. The molecule has 0 radical (unpaired) electrons. The average Bonchev–Trinajstić information content (AvgIpc) is 3.31. The molecule has 3 aromatic carbocycles. The first kappa shape index (κ1) is 27.3. The number of hydrogen-bond acceptors (Lipinski definition) is 7. The fourth-order valence-electron chi connectivity index (χ4n) is 4.42. The second-order valence-electron chi connectivity index (χ2n) is 9.18. The second kappa shape index (κ2) is 11.4. The Morgan fingerprint density at radius 2 is 1.76 bits per heavy atom. The highest BCUT2D eigenvalue weighted by molar-refractivity contribution is 5.96. The first-order valence-corrected chi connectivity index (χ1v) is 12.5. The molecule has 0 bridgehead atoms. The lowest BCUT2D eigenvalue weighted by Gasteiger charge is -2.10. The summed E-state index contributed by atoms with van der Waals surface area (Å²) >= 11 is 0. The van der Waals surface area contributed by atoms with E-state index in [0.29, 0.717) is 45.0 Å². The number of esters is 1. The molecule has 0 fully saturated rings. The first-order chi connectivity index (χ1) is 19.8. The molecular weight excluding hydrogens is 530 g/mol. The van der Waals surface area contributed by atoms with Crippen molar-refractivity contribution in [2.45, 2.75) is 13.0 Å². The molecule has 0 amide bonds. The molecule has 0 aliphatic carbocycles. The molecule has 8 nitrogen and oxygen atoms in total. The van der Waals surface area contributed by atoms with Crippen LogP contribution in [0.25, 0.3) is 22.3 Å². The molecule has 2 aromatic heterocycles. The lowest BCUT2D eigenvalue weighted by atomic mass is 10.1. The van der Waals surface area contributed by atoms with Crippen LogP contribution >= 0.6 is 0 Å². The van der Waals surface area contributed by atoms with Crippen LogP contribution < -0.4 is 9.47 Å². The molecule has 41 heavy (non-hydrogen) atoms. The Balaban J connectivity index is 1.36. The van der Waals surface area contributed by atoms with Crippen LogP contribution in [0.15, 0.2) is 66.7 Å². The van der Waals surface area contributed by atoms with Gasteiger partial charge in [0, 0.05) is 30.7 Å². The van der Waals surface area contributed by atoms with E-state index in [2.05, 4.69) is 9.97 Å². The van der Waals surface area contributed by atoms with Gasteiger partial charge in [-0.1, -0.05) is 24.3 Å². The molecule has 0 aliphatic rings. The summed E-state index contributed by atoms with van der Waals surface area (Å²) in [6.45, 7) is -0.0782. The van der Waals surface area contributed by atoms with E-state index in [1.807, 2.05) is 6.07 Å². The number of hydrogen-bond donors (Lipinski definition) is 0. The fraction of sp³-hybridized carbons (Fsp3) is 0.161. The molecule has 0 unspecified atom stereocenters. The van der Waals surface area contributed by atoms with Crippen LogP contribution in [0.5, 0.6) is 11.6 Å². The number of nitrogens with zero attached hydrogens (tertiary/aromatic N) is 4. The molecule has 5 rings (SSSR count). The number of carbonyl (C=O) groups is 1. The predicted molar refractivity (Wildman–Crippen MR) is 146 cm³/mol. The Labute approximate surface area is 234 Å². The van der Waals surface area contributed by atoms with Crippen molar-refractivity contribution >= 4 is 17.0 Å². The molecule has 0 N–H and O–H groups in total. The van der Waals surface area contributed by atoms with Gasteiger partial charge in [-0.05, 0) is 42.0 Å². The van der Waals surface area contributed by atoms with Crippen LogP contribution in [0.4, 0.5) is 8.78 Å². The number of nitriles is 1. The summed E-state index contributed by atoms with van der Waals surface area (Å²) in [5.74, 6) is -0.244. The summed E-state index contributed by atoms with van der Waals surface area (Å²) in [4.78, 5) is 21.2. The van der Waals surface area contributed by atoms with Gasteiger partial charge in [-0.3, -0.25) is 0 Å². The topological polar surface area (TPSA) is 99.3 Å². The fourth-order valence-corrected chi connectivity index (χ4v) is 4.42. The largest absolute Gasteiger partial charge is 0.494 e. The number of aromatic nitrogens is 3.